The van der Waals surface area contributed by atoms with Gasteiger partial charge in [-0.05, 0) is 18.1 Å². The lowest BCUT2D eigenvalue weighted by Gasteiger charge is -2.01. The first-order valence-corrected chi connectivity index (χ1v) is 6.92. The lowest BCUT2D eigenvalue weighted by Crippen LogP contribution is -1.94. The summed E-state index contributed by atoms with van der Waals surface area (Å²) < 4.78 is 5.19. The largest absolute Gasteiger partial charge is 0.398 e. The van der Waals surface area contributed by atoms with Crippen molar-refractivity contribution < 1.29 is 4.52 Å². The summed E-state index contributed by atoms with van der Waals surface area (Å²) >= 11 is 1.62. The lowest BCUT2D eigenvalue weighted by atomic mass is 10.1. The van der Waals surface area contributed by atoms with Crippen molar-refractivity contribution in [2.24, 2.45) is 5.92 Å². The molecule has 0 spiro atoms. The predicted octanol–water partition coefficient (Wildman–Crippen LogP) is 3.14. The Balaban J connectivity index is 1.94. The Hall–Kier alpha value is -1.49. The monoisotopic (exact) mass is 263 g/mol. The molecule has 96 valence electrons. The van der Waals surface area contributed by atoms with Crippen molar-refractivity contribution in [3.63, 3.8) is 0 Å². The lowest BCUT2D eigenvalue weighted by molar-refractivity contribution is 0.360. The molecule has 2 rings (SSSR count). The van der Waals surface area contributed by atoms with Gasteiger partial charge in [-0.3, -0.25) is 0 Å². The second-order valence-corrected chi connectivity index (χ2v) is 5.55. The van der Waals surface area contributed by atoms with E-state index in [0.717, 1.165) is 22.8 Å². The number of rotatable bonds is 5. The summed E-state index contributed by atoms with van der Waals surface area (Å²) in [5.41, 5.74) is 6.66. The topological polar surface area (TPSA) is 64.9 Å². The van der Waals surface area contributed by atoms with Gasteiger partial charge in [0.05, 0.1) is 5.75 Å². The van der Waals surface area contributed by atoms with E-state index in [1.54, 1.807) is 11.8 Å². The Morgan fingerprint density at radius 2 is 2.11 bits per heavy atom. The summed E-state index contributed by atoms with van der Waals surface area (Å²) in [6.45, 7) is 4.26. The molecule has 0 bridgehead atoms. The van der Waals surface area contributed by atoms with Crippen LogP contribution in [-0.2, 0) is 12.2 Å². The second-order valence-electron chi connectivity index (χ2n) is 4.53. The molecule has 0 saturated carbocycles. The van der Waals surface area contributed by atoms with E-state index in [1.165, 1.54) is 0 Å². The van der Waals surface area contributed by atoms with E-state index in [2.05, 4.69) is 24.0 Å². The van der Waals surface area contributed by atoms with Gasteiger partial charge < -0.3 is 10.3 Å². The molecule has 0 atom stereocenters. The van der Waals surface area contributed by atoms with Crippen LogP contribution >= 0.6 is 11.8 Å². The number of hydrogen-bond donors (Lipinski definition) is 1. The van der Waals surface area contributed by atoms with Crippen LogP contribution < -0.4 is 5.73 Å². The first-order chi connectivity index (χ1) is 8.65. The van der Waals surface area contributed by atoms with Gasteiger partial charge in [0.25, 0.3) is 0 Å². The maximum atomic E-state index is 5.87. The molecular weight excluding hydrogens is 246 g/mol. The Kier molecular flexibility index (Phi) is 4.25. The molecule has 0 unspecified atom stereocenters. The number of benzene rings is 1. The van der Waals surface area contributed by atoms with Crippen LogP contribution in [0.1, 0.15) is 25.6 Å². The quantitative estimate of drug-likeness (QED) is 0.663. The molecule has 1 aromatic carbocycles. The zero-order valence-corrected chi connectivity index (χ0v) is 11.4. The Labute approximate surface area is 111 Å². The van der Waals surface area contributed by atoms with Gasteiger partial charge in [0.15, 0.2) is 5.82 Å². The third-order valence-corrected chi connectivity index (χ3v) is 3.45. The molecule has 0 aliphatic carbocycles. The number of anilines is 1. The van der Waals surface area contributed by atoms with E-state index in [4.69, 9.17) is 10.3 Å². The Morgan fingerprint density at radius 1 is 1.33 bits per heavy atom. The SMILES string of the molecule is CC(C)Cc1nc(CSc2ccccc2N)no1. The average molecular weight is 263 g/mol. The molecule has 0 saturated heterocycles. The average Bonchev–Trinajstić information content (AvgIpc) is 2.75. The van der Waals surface area contributed by atoms with Crippen molar-refractivity contribution in [2.75, 3.05) is 5.73 Å². The number of nitrogen functional groups attached to an aromatic ring is 1. The normalized spacial score (nSPS) is 11.1. The van der Waals surface area contributed by atoms with E-state index in [9.17, 15) is 0 Å². The fourth-order valence-electron chi connectivity index (χ4n) is 1.54. The summed E-state index contributed by atoms with van der Waals surface area (Å²) in [5.74, 6) is 2.63. The fourth-order valence-corrected chi connectivity index (χ4v) is 2.35. The van der Waals surface area contributed by atoms with Gasteiger partial charge in [0, 0.05) is 17.0 Å². The highest BCUT2D eigenvalue weighted by Gasteiger charge is 2.09. The summed E-state index contributed by atoms with van der Waals surface area (Å²) in [7, 11) is 0. The maximum absolute atomic E-state index is 5.87. The van der Waals surface area contributed by atoms with E-state index in [0.29, 0.717) is 17.6 Å². The molecule has 2 aromatic rings. The Morgan fingerprint density at radius 3 is 2.83 bits per heavy atom. The third kappa shape index (κ3) is 3.50. The first kappa shape index (κ1) is 13.0. The zero-order chi connectivity index (χ0) is 13.0. The van der Waals surface area contributed by atoms with Crippen molar-refractivity contribution in [3.05, 3.63) is 36.0 Å². The van der Waals surface area contributed by atoms with Crippen LogP contribution in [0.5, 0.6) is 0 Å². The minimum Gasteiger partial charge on any atom is -0.398 e. The van der Waals surface area contributed by atoms with Gasteiger partial charge in [-0.2, -0.15) is 4.98 Å². The first-order valence-electron chi connectivity index (χ1n) is 5.94. The van der Waals surface area contributed by atoms with Gasteiger partial charge in [-0.1, -0.05) is 31.1 Å². The van der Waals surface area contributed by atoms with E-state index >= 15 is 0 Å². The molecule has 1 heterocycles. The highest BCUT2D eigenvalue weighted by molar-refractivity contribution is 7.98. The van der Waals surface area contributed by atoms with Crippen molar-refractivity contribution in [3.8, 4) is 0 Å². The third-order valence-electron chi connectivity index (χ3n) is 2.37. The van der Waals surface area contributed by atoms with Crippen LogP contribution in [0.15, 0.2) is 33.7 Å². The van der Waals surface area contributed by atoms with Crippen LogP contribution in [0.3, 0.4) is 0 Å². The van der Waals surface area contributed by atoms with E-state index in [1.807, 2.05) is 24.3 Å². The molecule has 1 aromatic heterocycles. The Bertz CT molecular complexity index is 510. The van der Waals surface area contributed by atoms with Crippen LogP contribution in [0.4, 0.5) is 5.69 Å². The molecule has 0 amide bonds. The molecule has 4 nitrogen and oxygen atoms in total. The fraction of sp³-hybridized carbons (Fsp3) is 0.385. The van der Waals surface area contributed by atoms with Crippen molar-refractivity contribution in [1.82, 2.24) is 10.1 Å². The second kappa shape index (κ2) is 5.91. The van der Waals surface area contributed by atoms with E-state index in [-0.39, 0.29) is 0 Å². The van der Waals surface area contributed by atoms with Gasteiger partial charge in [-0.25, -0.2) is 0 Å². The molecule has 18 heavy (non-hydrogen) atoms. The summed E-state index contributed by atoms with van der Waals surface area (Å²) in [6, 6.07) is 7.78. The minimum absolute atomic E-state index is 0.524. The maximum Gasteiger partial charge on any atom is 0.226 e. The van der Waals surface area contributed by atoms with Gasteiger partial charge in [0.2, 0.25) is 5.89 Å². The van der Waals surface area contributed by atoms with Crippen LogP contribution in [-0.4, -0.2) is 10.1 Å². The van der Waals surface area contributed by atoms with Crippen LogP contribution in [0.2, 0.25) is 0 Å². The summed E-state index contributed by atoms with van der Waals surface area (Å²) in [4.78, 5) is 5.40. The molecule has 2 N–H and O–H groups in total. The van der Waals surface area contributed by atoms with Crippen molar-refractivity contribution >= 4 is 17.4 Å². The molecule has 0 aliphatic rings. The van der Waals surface area contributed by atoms with Gasteiger partial charge in [-0.15, -0.1) is 11.8 Å². The molecular formula is C13H17N3OS. The smallest absolute Gasteiger partial charge is 0.226 e. The number of nitrogens with two attached hydrogens (primary N) is 1. The molecule has 0 radical (unpaired) electrons. The summed E-state index contributed by atoms with van der Waals surface area (Å²) in [6.07, 6.45) is 0.825. The van der Waals surface area contributed by atoms with Crippen LogP contribution in [0, 0.1) is 5.92 Å². The van der Waals surface area contributed by atoms with Gasteiger partial charge >= 0.3 is 0 Å². The predicted molar refractivity (Wildman–Crippen MR) is 73.3 cm³/mol. The van der Waals surface area contributed by atoms with E-state index < -0.39 is 0 Å². The van der Waals surface area contributed by atoms with Crippen molar-refractivity contribution in [2.45, 2.75) is 30.9 Å². The number of nitrogens with zero attached hydrogens (tertiary/aromatic N) is 2. The number of hydrogen-bond acceptors (Lipinski definition) is 5. The van der Waals surface area contributed by atoms with Crippen molar-refractivity contribution in [1.29, 1.82) is 0 Å². The zero-order valence-electron chi connectivity index (χ0n) is 10.6. The summed E-state index contributed by atoms with van der Waals surface area (Å²) in [5, 5.41) is 3.97. The standard InChI is InChI=1S/C13H17N3OS/c1-9(2)7-13-15-12(16-17-13)8-18-11-6-4-3-5-10(11)14/h3-6,9H,7-8,14H2,1-2H3. The molecule has 5 heteroatoms. The molecule has 0 fully saturated rings. The number of thioether (sulfide) groups is 1. The highest BCUT2D eigenvalue weighted by atomic mass is 32.2. The molecule has 0 aliphatic heterocycles. The minimum atomic E-state index is 0.524. The highest BCUT2D eigenvalue weighted by Crippen LogP contribution is 2.26. The number of aromatic nitrogens is 2. The van der Waals surface area contributed by atoms with Gasteiger partial charge in [0.1, 0.15) is 0 Å². The van der Waals surface area contributed by atoms with Crippen LogP contribution in [0.25, 0.3) is 0 Å². The number of para-hydroxylation sites is 1.